The van der Waals surface area contributed by atoms with Gasteiger partial charge < -0.3 is 10.1 Å². The van der Waals surface area contributed by atoms with E-state index in [1.165, 1.54) is 12.8 Å². The predicted octanol–water partition coefficient (Wildman–Crippen LogP) is 2.03. The van der Waals surface area contributed by atoms with Crippen LogP contribution in [0.25, 0.3) is 0 Å². The maximum Gasteiger partial charge on any atom is 0.326 e. The van der Waals surface area contributed by atoms with Gasteiger partial charge in [0.25, 0.3) is 0 Å². The normalized spacial score (nSPS) is 29.9. The molecule has 3 fully saturated rings. The van der Waals surface area contributed by atoms with Gasteiger partial charge in [0.1, 0.15) is 12.6 Å². The van der Waals surface area contributed by atoms with Crippen LogP contribution in [0.5, 0.6) is 0 Å². The molecule has 0 saturated carbocycles. The van der Waals surface area contributed by atoms with Gasteiger partial charge in [-0.15, -0.1) is 0 Å². The summed E-state index contributed by atoms with van der Waals surface area (Å²) in [5.74, 6) is 7.45. The van der Waals surface area contributed by atoms with Crippen LogP contribution in [0, 0.1) is 17.8 Å². The summed E-state index contributed by atoms with van der Waals surface area (Å²) in [6, 6.07) is 1.78. The van der Waals surface area contributed by atoms with Crippen LogP contribution in [0.4, 0.5) is 4.79 Å². The average molecular weight is 377 g/mol. The lowest BCUT2D eigenvalue weighted by Gasteiger charge is -2.45. The minimum absolute atomic E-state index is 0.0913. The number of allylic oxidation sites excluding steroid dienone is 1. The molecule has 1 N–H and O–H groups in total. The van der Waals surface area contributed by atoms with E-state index in [4.69, 9.17) is 4.74 Å². The SMILES string of the molecule is O=C(NC1CC2CCN1CC2)N1C=CC2OC(C#CCn3cccn3)=CC2=C1. The van der Waals surface area contributed by atoms with Crippen LogP contribution < -0.4 is 5.32 Å². The van der Waals surface area contributed by atoms with Crippen molar-refractivity contribution in [1.29, 1.82) is 0 Å². The van der Waals surface area contributed by atoms with E-state index < -0.39 is 0 Å². The minimum atomic E-state index is -0.174. The smallest absolute Gasteiger partial charge is 0.326 e. The molecule has 2 bridgehead atoms. The molecule has 2 amide bonds. The maximum absolute atomic E-state index is 12.7. The van der Waals surface area contributed by atoms with E-state index in [0.717, 1.165) is 31.0 Å². The summed E-state index contributed by atoms with van der Waals surface area (Å²) in [5, 5.41) is 7.30. The van der Waals surface area contributed by atoms with Gasteiger partial charge in [0.15, 0.2) is 5.76 Å². The van der Waals surface area contributed by atoms with Gasteiger partial charge in [0.2, 0.25) is 0 Å². The number of aromatic nitrogens is 2. The van der Waals surface area contributed by atoms with Crippen LogP contribution in [-0.2, 0) is 11.3 Å². The van der Waals surface area contributed by atoms with Crippen molar-refractivity contribution in [3.05, 3.63) is 54.3 Å². The Morgan fingerprint density at radius 2 is 2.25 bits per heavy atom. The monoisotopic (exact) mass is 377 g/mol. The van der Waals surface area contributed by atoms with Gasteiger partial charge in [0.05, 0.1) is 6.17 Å². The van der Waals surface area contributed by atoms with Crippen molar-refractivity contribution in [1.82, 2.24) is 24.9 Å². The molecule has 6 heterocycles. The molecule has 0 aliphatic carbocycles. The number of nitrogens with one attached hydrogen (secondary N) is 1. The summed E-state index contributed by atoms with van der Waals surface area (Å²) in [6.45, 7) is 2.69. The summed E-state index contributed by atoms with van der Waals surface area (Å²) >= 11 is 0. The van der Waals surface area contributed by atoms with Crippen molar-refractivity contribution in [3.8, 4) is 11.8 Å². The highest BCUT2D eigenvalue weighted by atomic mass is 16.5. The van der Waals surface area contributed by atoms with E-state index in [2.05, 4.69) is 27.2 Å². The topological polar surface area (TPSA) is 62.6 Å². The van der Waals surface area contributed by atoms with Crippen LogP contribution in [-0.4, -0.2) is 51.0 Å². The van der Waals surface area contributed by atoms with Crippen LogP contribution >= 0.6 is 0 Å². The van der Waals surface area contributed by atoms with Crippen LogP contribution in [0.3, 0.4) is 0 Å². The van der Waals surface area contributed by atoms with E-state index in [0.29, 0.717) is 12.3 Å². The third-order valence-corrected chi connectivity index (χ3v) is 5.77. The number of fused-ring (bicyclic) bond motifs is 4. The average Bonchev–Trinajstić information content (AvgIpc) is 3.37. The minimum Gasteiger partial charge on any atom is -0.473 e. The number of rotatable bonds is 2. The second kappa shape index (κ2) is 7.21. The van der Waals surface area contributed by atoms with Gasteiger partial charge in [0, 0.05) is 43.5 Å². The van der Waals surface area contributed by atoms with Crippen molar-refractivity contribution in [2.75, 3.05) is 13.1 Å². The second-order valence-electron chi connectivity index (χ2n) is 7.61. The van der Waals surface area contributed by atoms with E-state index in [9.17, 15) is 4.79 Å². The molecule has 0 spiro atoms. The van der Waals surface area contributed by atoms with Crippen molar-refractivity contribution < 1.29 is 9.53 Å². The van der Waals surface area contributed by atoms with Gasteiger partial charge in [-0.25, -0.2) is 4.79 Å². The number of urea groups is 1. The third kappa shape index (κ3) is 3.43. The highest BCUT2D eigenvalue weighted by Gasteiger charge is 2.35. The van der Waals surface area contributed by atoms with Gasteiger partial charge >= 0.3 is 6.03 Å². The summed E-state index contributed by atoms with van der Waals surface area (Å²) in [4.78, 5) is 16.7. The molecule has 3 saturated heterocycles. The van der Waals surface area contributed by atoms with Gasteiger partial charge in [-0.05, 0) is 49.3 Å². The predicted molar refractivity (Wildman–Crippen MR) is 103 cm³/mol. The van der Waals surface area contributed by atoms with Crippen molar-refractivity contribution in [2.24, 2.45) is 5.92 Å². The molecule has 28 heavy (non-hydrogen) atoms. The quantitative estimate of drug-likeness (QED) is 0.801. The molecule has 7 nitrogen and oxygen atoms in total. The van der Waals surface area contributed by atoms with E-state index >= 15 is 0 Å². The molecule has 5 aliphatic rings. The molecule has 144 valence electrons. The fraction of sp³-hybridized carbons (Fsp3) is 0.429. The molecule has 2 atom stereocenters. The second-order valence-corrected chi connectivity index (χ2v) is 7.61. The Hall–Kier alpha value is -2.98. The number of amides is 2. The first-order valence-electron chi connectivity index (χ1n) is 9.82. The van der Waals surface area contributed by atoms with Crippen molar-refractivity contribution in [2.45, 2.75) is 38.1 Å². The number of hydrogen-bond donors (Lipinski definition) is 1. The van der Waals surface area contributed by atoms with E-state index in [1.807, 2.05) is 30.6 Å². The zero-order chi connectivity index (χ0) is 18.9. The van der Waals surface area contributed by atoms with Crippen LogP contribution in [0.2, 0.25) is 0 Å². The zero-order valence-corrected chi connectivity index (χ0v) is 15.6. The number of nitrogens with zero attached hydrogens (tertiary/aromatic N) is 4. The van der Waals surface area contributed by atoms with E-state index in [-0.39, 0.29) is 18.3 Å². The number of hydrogen-bond acceptors (Lipinski definition) is 4. The Bertz CT molecular complexity index is 897. The summed E-state index contributed by atoms with van der Waals surface area (Å²) in [7, 11) is 0. The molecule has 0 radical (unpaired) electrons. The van der Waals surface area contributed by atoms with Gasteiger partial charge in [-0.2, -0.15) is 5.10 Å². The highest BCUT2D eigenvalue weighted by Crippen LogP contribution is 2.31. The lowest BCUT2D eigenvalue weighted by molar-refractivity contribution is 0.0357. The standard InChI is InChI=1S/C21H23N5O2/c27-21(23-20-13-16-4-10-24(20)11-5-16)25-12-6-19-17(15-25)14-18(28-19)3-1-8-26-9-2-7-22-26/h2,6-7,9,12,14-16,19-20H,4-5,8,10-11,13H2,(H,23,27). The Kier molecular flexibility index (Phi) is 4.41. The number of ether oxygens (including phenoxy) is 1. The fourth-order valence-corrected chi connectivity index (χ4v) is 4.23. The first-order valence-corrected chi connectivity index (χ1v) is 9.82. The lowest BCUT2D eigenvalue weighted by Crippen LogP contribution is -2.57. The van der Waals surface area contributed by atoms with E-state index in [1.54, 1.807) is 22.0 Å². The van der Waals surface area contributed by atoms with Crippen LogP contribution in [0.15, 0.2) is 54.3 Å². The summed E-state index contributed by atoms with van der Waals surface area (Å²) < 4.78 is 7.60. The lowest BCUT2D eigenvalue weighted by atomic mass is 9.86. The molecule has 5 aliphatic heterocycles. The molecule has 0 aromatic carbocycles. The molecule has 7 heteroatoms. The molecule has 1 aromatic rings. The molecule has 6 rings (SSSR count). The maximum atomic E-state index is 12.7. The molecule has 1 aromatic heterocycles. The zero-order valence-electron chi connectivity index (χ0n) is 15.6. The number of carbonyl (C=O) groups excluding carboxylic acids is 1. The highest BCUT2D eigenvalue weighted by molar-refractivity contribution is 5.77. The Balaban J connectivity index is 1.22. The molecular weight excluding hydrogens is 354 g/mol. The van der Waals surface area contributed by atoms with Crippen molar-refractivity contribution >= 4 is 6.03 Å². The Morgan fingerprint density at radius 3 is 3.00 bits per heavy atom. The fourth-order valence-electron chi connectivity index (χ4n) is 4.23. The van der Waals surface area contributed by atoms with Crippen molar-refractivity contribution in [3.63, 3.8) is 0 Å². The van der Waals surface area contributed by atoms with Gasteiger partial charge in [-0.1, -0.05) is 5.92 Å². The first-order chi connectivity index (χ1) is 13.7. The number of piperidine rings is 3. The first kappa shape index (κ1) is 17.1. The van der Waals surface area contributed by atoms with Crippen LogP contribution in [0.1, 0.15) is 19.3 Å². The third-order valence-electron chi connectivity index (χ3n) is 5.77. The largest absolute Gasteiger partial charge is 0.473 e. The Labute approximate surface area is 164 Å². The summed E-state index contributed by atoms with van der Waals surface area (Å²) in [6.07, 6.45) is 14.5. The molecular formula is C21H23N5O2. The summed E-state index contributed by atoms with van der Waals surface area (Å²) in [5.41, 5.74) is 0.937. The number of carbonyl (C=O) groups is 1. The molecule has 2 unspecified atom stereocenters. The Morgan fingerprint density at radius 1 is 1.36 bits per heavy atom. The van der Waals surface area contributed by atoms with Gasteiger partial charge in [-0.3, -0.25) is 14.5 Å².